The molecule has 0 saturated heterocycles. The van der Waals surface area contributed by atoms with Crippen LogP contribution in [0.5, 0.6) is 11.5 Å². The van der Waals surface area contributed by atoms with Gasteiger partial charge in [-0.25, -0.2) is 0 Å². The van der Waals surface area contributed by atoms with Gasteiger partial charge in [-0.3, -0.25) is 9.59 Å². The fourth-order valence-electron chi connectivity index (χ4n) is 5.94. The van der Waals surface area contributed by atoms with Crippen molar-refractivity contribution in [2.45, 2.75) is 18.8 Å². The molecule has 0 aliphatic heterocycles. The number of hydrogen-bond donors (Lipinski definition) is 3. The summed E-state index contributed by atoms with van der Waals surface area (Å²) in [7, 11) is 3.34. The van der Waals surface area contributed by atoms with Crippen molar-refractivity contribution >= 4 is 27.7 Å². The van der Waals surface area contributed by atoms with E-state index in [9.17, 15) is 14.7 Å². The molecule has 3 N–H and O–H groups in total. The van der Waals surface area contributed by atoms with Gasteiger partial charge in [-0.2, -0.15) is 0 Å². The van der Waals surface area contributed by atoms with Crippen molar-refractivity contribution in [1.29, 1.82) is 0 Å². The molecule has 0 bridgehead atoms. The highest BCUT2D eigenvalue weighted by Gasteiger charge is 2.30. The minimum Gasteiger partial charge on any atom is -0.507 e. The number of rotatable bonds is 9. The molecule has 0 spiro atoms. The lowest BCUT2D eigenvalue weighted by Crippen LogP contribution is -2.28. The van der Waals surface area contributed by atoms with E-state index < -0.39 is 5.92 Å². The number of pyridine rings is 1. The average Bonchev–Trinajstić information content (AvgIpc) is 3.40. The molecule has 0 aliphatic carbocycles. The van der Waals surface area contributed by atoms with E-state index in [0.717, 1.165) is 33.3 Å². The lowest BCUT2D eigenvalue weighted by molar-refractivity contribution is -0.120. The SMILES string of the molecule is COc1ccc(C(c2[nH]c3ccccc3c2CCNC(=O)Cc2ccccc2)c2c(O)c3ccccc3n(C)c2=O)cc1. The standard InChI is InChI=1S/C36H33N3O4/c1-39-30-15-9-7-13-28(30)35(41)33(36(39)42)32(24-16-18-25(43-2)19-17-24)34-27(26-12-6-8-14-29(26)38-34)20-21-37-31(40)22-23-10-4-3-5-11-23/h3-19,32,38,41H,20-22H2,1-2H3,(H,37,40). The maximum absolute atomic E-state index is 14.0. The van der Waals surface area contributed by atoms with Crippen LogP contribution in [0.15, 0.2) is 108 Å². The molecular weight excluding hydrogens is 538 g/mol. The zero-order valence-electron chi connectivity index (χ0n) is 24.1. The number of aromatic nitrogens is 2. The van der Waals surface area contributed by atoms with Crippen LogP contribution in [0.3, 0.4) is 0 Å². The highest BCUT2D eigenvalue weighted by Crippen LogP contribution is 2.41. The van der Waals surface area contributed by atoms with Crippen molar-refractivity contribution in [3.05, 3.63) is 141 Å². The number of amides is 1. The first-order valence-corrected chi connectivity index (χ1v) is 14.3. The van der Waals surface area contributed by atoms with Gasteiger partial charge in [0.2, 0.25) is 5.91 Å². The maximum Gasteiger partial charge on any atom is 0.258 e. The largest absolute Gasteiger partial charge is 0.507 e. The summed E-state index contributed by atoms with van der Waals surface area (Å²) in [4.78, 5) is 30.4. The van der Waals surface area contributed by atoms with E-state index >= 15 is 0 Å². The molecule has 0 aliphatic rings. The smallest absolute Gasteiger partial charge is 0.258 e. The number of aryl methyl sites for hydroxylation is 1. The quantitative estimate of drug-likeness (QED) is 0.204. The molecule has 0 saturated carbocycles. The summed E-state index contributed by atoms with van der Waals surface area (Å²) in [6, 6.07) is 32.6. The van der Waals surface area contributed by atoms with Crippen LogP contribution in [-0.2, 0) is 24.7 Å². The molecule has 0 radical (unpaired) electrons. The summed E-state index contributed by atoms with van der Waals surface area (Å²) in [5.41, 5.74) is 5.13. The maximum atomic E-state index is 14.0. The Labute approximate surface area is 249 Å². The number of carbonyl (C=O) groups excluding carboxylic acids is 1. The zero-order chi connectivity index (χ0) is 29.9. The number of carbonyl (C=O) groups is 1. The Bertz CT molecular complexity index is 1970. The Kier molecular flexibility index (Phi) is 7.71. The predicted molar refractivity (Wildman–Crippen MR) is 170 cm³/mol. The van der Waals surface area contributed by atoms with Crippen molar-refractivity contribution in [2.24, 2.45) is 7.05 Å². The van der Waals surface area contributed by atoms with Gasteiger partial charge >= 0.3 is 0 Å². The lowest BCUT2D eigenvalue weighted by atomic mass is 9.85. The summed E-state index contributed by atoms with van der Waals surface area (Å²) in [5, 5.41) is 16.4. The van der Waals surface area contributed by atoms with Crippen molar-refractivity contribution < 1.29 is 14.6 Å². The molecule has 4 aromatic carbocycles. The van der Waals surface area contributed by atoms with Gasteiger partial charge in [0, 0.05) is 35.6 Å². The monoisotopic (exact) mass is 571 g/mol. The van der Waals surface area contributed by atoms with Crippen LogP contribution in [0.1, 0.15) is 33.9 Å². The Balaban J connectivity index is 1.47. The Morgan fingerprint density at radius 2 is 1.58 bits per heavy atom. The predicted octanol–water partition coefficient (Wildman–Crippen LogP) is 5.82. The highest BCUT2D eigenvalue weighted by atomic mass is 16.5. The Morgan fingerprint density at radius 3 is 2.33 bits per heavy atom. The molecule has 43 heavy (non-hydrogen) atoms. The first kappa shape index (κ1) is 27.8. The number of ether oxygens (including phenoxy) is 1. The van der Waals surface area contributed by atoms with Crippen molar-refractivity contribution in [2.75, 3.05) is 13.7 Å². The van der Waals surface area contributed by atoms with E-state index in [1.807, 2.05) is 103 Å². The number of para-hydroxylation sites is 2. The molecule has 6 rings (SSSR count). The fraction of sp³-hybridized carbons (Fsp3) is 0.167. The van der Waals surface area contributed by atoms with Gasteiger partial charge in [-0.05, 0) is 53.4 Å². The molecule has 6 aromatic rings. The topological polar surface area (TPSA) is 96.3 Å². The van der Waals surface area contributed by atoms with Crippen molar-refractivity contribution in [3.8, 4) is 11.5 Å². The van der Waals surface area contributed by atoms with E-state index in [4.69, 9.17) is 4.74 Å². The van der Waals surface area contributed by atoms with Gasteiger partial charge in [0.25, 0.3) is 5.56 Å². The normalized spacial score (nSPS) is 12.0. The second kappa shape index (κ2) is 11.9. The van der Waals surface area contributed by atoms with Gasteiger partial charge in [0.05, 0.1) is 30.5 Å². The third-order valence-electron chi connectivity index (χ3n) is 8.09. The van der Waals surface area contributed by atoms with Gasteiger partial charge in [0.15, 0.2) is 0 Å². The fourth-order valence-corrected chi connectivity index (χ4v) is 5.94. The first-order valence-electron chi connectivity index (χ1n) is 14.3. The minimum atomic E-state index is -0.614. The van der Waals surface area contributed by atoms with Crippen LogP contribution in [0, 0.1) is 0 Å². The summed E-state index contributed by atoms with van der Waals surface area (Å²) >= 11 is 0. The number of aromatic amines is 1. The van der Waals surface area contributed by atoms with Crippen LogP contribution in [0.4, 0.5) is 0 Å². The van der Waals surface area contributed by atoms with Gasteiger partial charge < -0.3 is 24.7 Å². The minimum absolute atomic E-state index is 0.0414. The third-order valence-corrected chi connectivity index (χ3v) is 8.09. The number of benzene rings is 4. The second-order valence-corrected chi connectivity index (χ2v) is 10.7. The van der Waals surface area contributed by atoms with E-state index in [1.54, 1.807) is 18.7 Å². The van der Waals surface area contributed by atoms with Crippen LogP contribution >= 0.6 is 0 Å². The molecule has 7 heteroatoms. The number of H-pyrrole nitrogens is 1. The summed E-state index contributed by atoms with van der Waals surface area (Å²) in [6.07, 6.45) is 0.832. The summed E-state index contributed by atoms with van der Waals surface area (Å²) in [6.45, 7) is 0.414. The molecule has 7 nitrogen and oxygen atoms in total. The lowest BCUT2D eigenvalue weighted by Gasteiger charge is -2.22. The second-order valence-electron chi connectivity index (χ2n) is 10.7. The van der Waals surface area contributed by atoms with Crippen LogP contribution < -0.4 is 15.6 Å². The molecule has 1 atom stereocenters. The molecule has 1 amide bonds. The molecule has 1 unspecified atom stereocenters. The van der Waals surface area contributed by atoms with Gasteiger partial charge in [0.1, 0.15) is 11.5 Å². The molecular formula is C36H33N3O4. The number of aromatic hydroxyl groups is 1. The Hall–Kier alpha value is -5.30. The Morgan fingerprint density at radius 1 is 0.907 bits per heavy atom. The van der Waals surface area contributed by atoms with Crippen molar-refractivity contribution in [1.82, 2.24) is 14.9 Å². The summed E-state index contributed by atoms with van der Waals surface area (Å²) in [5.74, 6) is -0.0200. The van der Waals surface area contributed by atoms with Crippen LogP contribution in [0.25, 0.3) is 21.8 Å². The number of hydrogen-bond acceptors (Lipinski definition) is 4. The molecule has 2 aromatic heterocycles. The average molecular weight is 572 g/mol. The number of nitrogens with one attached hydrogen (secondary N) is 2. The van der Waals surface area contributed by atoms with Gasteiger partial charge in [-0.1, -0.05) is 72.8 Å². The van der Waals surface area contributed by atoms with Crippen LogP contribution in [0.2, 0.25) is 0 Å². The van der Waals surface area contributed by atoms with Crippen molar-refractivity contribution in [3.63, 3.8) is 0 Å². The molecule has 216 valence electrons. The van der Waals surface area contributed by atoms with Gasteiger partial charge in [-0.15, -0.1) is 0 Å². The number of methoxy groups -OCH3 is 1. The van der Waals surface area contributed by atoms with E-state index in [1.165, 1.54) is 0 Å². The number of nitrogens with zero attached hydrogens (tertiary/aromatic N) is 1. The highest BCUT2D eigenvalue weighted by molar-refractivity contribution is 5.88. The number of fused-ring (bicyclic) bond motifs is 2. The summed E-state index contributed by atoms with van der Waals surface area (Å²) < 4.78 is 7.00. The van der Waals surface area contributed by atoms with Crippen LogP contribution in [-0.4, -0.2) is 34.2 Å². The molecule has 0 fully saturated rings. The molecule has 2 heterocycles. The van der Waals surface area contributed by atoms with E-state index in [0.29, 0.717) is 36.0 Å². The zero-order valence-corrected chi connectivity index (χ0v) is 24.1. The van der Waals surface area contributed by atoms with E-state index in [2.05, 4.69) is 10.3 Å². The third kappa shape index (κ3) is 5.37. The first-order chi connectivity index (χ1) is 21.0. The van der Waals surface area contributed by atoms with E-state index in [-0.39, 0.29) is 22.8 Å².